The summed E-state index contributed by atoms with van der Waals surface area (Å²) in [5, 5.41) is 10.0. The van der Waals surface area contributed by atoms with E-state index in [-0.39, 0.29) is 5.97 Å². The molecule has 0 spiro atoms. The summed E-state index contributed by atoms with van der Waals surface area (Å²) in [5.41, 5.74) is 0. The van der Waals surface area contributed by atoms with Crippen LogP contribution in [0.2, 0.25) is 0 Å². The summed E-state index contributed by atoms with van der Waals surface area (Å²) in [5.74, 6) is 0.306. The third kappa shape index (κ3) is 3.12. The molecule has 102 valence electrons. The molecular formula is C14H23NO3. The van der Waals surface area contributed by atoms with Gasteiger partial charge in [-0.15, -0.1) is 0 Å². The minimum absolute atomic E-state index is 0.298. The summed E-state index contributed by atoms with van der Waals surface area (Å²) >= 11 is 0. The molecule has 2 aliphatic rings. The predicted octanol–water partition coefficient (Wildman–Crippen LogP) is 1.34. The lowest BCUT2D eigenvalue weighted by Crippen LogP contribution is -2.54. The summed E-state index contributed by atoms with van der Waals surface area (Å²) in [6.45, 7) is 1.78. The third-order valence-corrected chi connectivity index (χ3v) is 4.02. The standard InChI is InChI=1S/C14H23NO3/c1-18-14(17)13-12(16)8-5-9-15(13)10-11-6-3-2-4-7-11/h2-3,11-13,16H,4-10H2,1H3/t11-,12+,13+/m1/s1. The summed E-state index contributed by atoms with van der Waals surface area (Å²) in [6.07, 6.45) is 8.91. The van der Waals surface area contributed by atoms with Crippen LogP contribution in [0.25, 0.3) is 0 Å². The van der Waals surface area contributed by atoms with Crippen molar-refractivity contribution in [2.45, 2.75) is 44.2 Å². The Morgan fingerprint density at radius 1 is 1.44 bits per heavy atom. The molecule has 18 heavy (non-hydrogen) atoms. The molecule has 0 aromatic rings. The highest BCUT2D eigenvalue weighted by Gasteiger charge is 2.37. The van der Waals surface area contributed by atoms with E-state index in [1.54, 1.807) is 0 Å². The Morgan fingerprint density at radius 3 is 2.94 bits per heavy atom. The maximum Gasteiger partial charge on any atom is 0.325 e. The van der Waals surface area contributed by atoms with Gasteiger partial charge in [0, 0.05) is 6.54 Å². The third-order valence-electron chi connectivity index (χ3n) is 4.02. The van der Waals surface area contributed by atoms with Gasteiger partial charge in [-0.25, -0.2) is 0 Å². The van der Waals surface area contributed by atoms with Gasteiger partial charge >= 0.3 is 5.97 Å². The van der Waals surface area contributed by atoms with E-state index in [9.17, 15) is 9.90 Å². The van der Waals surface area contributed by atoms with E-state index in [1.165, 1.54) is 13.5 Å². The smallest absolute Gasteiger partial charge is 0.325 e. The van der Waals surface area contributed by atoms with E-state index in [0.29, 0.717) is 12.3 Å². The predicted molar refractivity (Wildman–Crippen MR) is 69.1 cm³/mol. The highest BCUT2D eigenvalue weighted by molar-refractivity contribution is 5.76. The van der Waals surface area contributed by atoms with Crippen LogP contribution >= 0.6 is 0 Å². The molecule has 1 aliphatic heterocycles. The number of hydrogen-bond acceptors (Lipinski definition) is 4. The van der Waals surface area contributed by atoms with Crippen LogP contribution in [-0.4, -0.2) is 48.3 Å². The van der Waals surface area contributed by atoms with E-state index < -0.39 is 12.1 Å². The Balaban J connectivity index is 1.98. The number of ether oxygens (including phenoxy) is 1. The second kappa shape index (κ2) is 6.34. The molecule has 0 unspecified atom stereocenters. The molecule has 0 amide bonds. The van der Waals surface area contributed by atoms with E-state index in [2.05, 4.69) is 17.1 Å². The molecule has 1 aliphatic carbocycles. The first-order valence-electron chi connectivity index (χ1n) is 6.87. The zero-order valence-electron chi connectivity index (χ0n) is 11.0. The summed E-state index contributed by atoms with van der Waals surface area (Å²) in [4.78, 5) is 13.9. The van der Waals surface area contributed by atoms with Gasteiger partial charge in [-0.2, -0.15) is 0 Å². The van der Waals surface area contributed by atoms with Crippen molar-refractivity contribution in [1.29, 1.82) is 0 Å². The molecular weight excluding hydrogens is 230 g/mol. The van der Waals surface area contributed by atoms with E-state index in [0.717, 1.165) is 32.4 Å². The fourth-order valence-electron chi connectivity index (χ4n) is 3.03. The average molecular weight is 253 g/mol. The average Bonchev–Trinajstić information content (AvgIpc) is 2.39. The quantitative estimate of drug-likeness (QED) is 0.609. The van der Waals surface area contributed by atoms with E-state index in [1.807, 2.05) is 0 Å². The van der Waals surface area contributed by atoms with Crippen molar-refractivity contribution in [3.05, 3.63) is 12.2 Å². The van der Waals surface area contributed by atoms with Gasteiger partial charge in [0.05, 0.1) is 13.2 Å². The van der Waals surface area contributed by atoms with E-state index in [4.69, 9.17) is 4.74 Å². The molecule has 1 N–H and O–H groups in total. The van der Waals surface area contributed by atoms with Crippen LogP contribution in [0.1, 0.15) is 32.1 Å². The lowest BCUT2D eigenvalue weighted by molar-refractivity contribution is -0.154. The van der Waals surface area contributed by atoms with Gasteiger partial charge in [0.15, 0.2) is 0 Å². The molecule has 0 bridgehead atoms. The van der Waals surface area contributed by atoms with Crippen molar-refractivity contribution in [1.82, 2.24) is 4.90 Å². The molecule has 0 aromatic carbocycles. The fraction of sp³-hybridized carbons (Fsp3) is 0.786. The first kappa shape index (κ1) is 13.6. The molecule has 0 aromatic heterocycles. The van der Waals surface area contributed by atoms with Gasteiger partial charge in [-0.1, -0.05) is 12.2 Å². The topological polar surface area (TPSA) is 49.8 Å². The van der Waals surface area contributed by atoms with Gasteiger partial charge in [0.1, 0.15) is 6.04 Å². The van der Waals surface area contributed by atoms with Crippen LogP contribution in [0.15, 0.2) is 12.2 Å². The van der Waals surface area contributed by atoms with E-state index >= 15 is 0 Å². The SMILES string of the molecule is COC(=O)[C@@H]1[C@@H](O)CCCN1C[C@@H]1CC=CCC1. The van der Waals surface area contributed by atoms with Gasteiger partial charge in [0.25, 0.3) is 0 Å². The Kier molecular flexibility index (Phi) is 4.78. The van der Waals surface area contributed by atoms with Crippen LogP contribution in [0.5, 0.6) is 0 Å². The summed E-state index contributed by atoms with van der Waals surface area (Å²) in [6, 6.07) is -0.463. The van der Waals surface area contributed by atoms with Gasteiger partial charge in [0.2, 0.25) is 0 Å². The number of methoxy groups -OCH3 is 1. The van der Waals surface area contributed by atoms with Crippen LogP contribution in [0, 0.1) is 5.92 Å². The largest absolute Gasteiger partial charge is 0.468 e. The number of rotatable bonds is 3. The number of carbonyl (C=O) groups excluding carboxylic acids is 1. The molecule has 4 nitrogen and oxygen atoms in total. The number of nitrogens with zero attached hydrogens (tertiary/aromatic N) is 1. The lowest BCUT2D eigenvalue weighted by Gasteiger charge is -2.39. The number of esters is 1. The Morgan fingerprint density at radius 2 is 2.28 bits per heavy atom. The Labute approximate surface area is 109 Å². The van der Waals surface area contributed by atoms with Gasteiger partial charge in [-0.05, 0) is 44.6 Å². The number of likely N-dealkylation sites (tertiary alicyclic amines) is 1. The molecule has 1 saturated heterocycles. The maximum atomic E-state index is 11.8. The second-order valence-electron chi connectivity index (χ2n) is 5.32. The highest BCUT2D eigenvalue weighted by atomic mass is 16.5. The zero-order valence-corrected chi connectivity index (χ0v) is 11.0. The molecule has 4 heteroatoms. The van der Waals surface area contributed by atoms with Crippen molar-refractivity contribution in [2.75, 3.05) is 20.2 Å². The number of hydrogen-bond donors (Lipinski definition) is 1. The van der Waals surface area contributed by atoms with Crippen molar-refractivity contribution >= 4 is 5.97 Å². The first-order valence-corrected chi connectivity index (χ1v) is 6.87. The molecule has 0 radical (unpaired) electrons. The highest BCUT2D eigenvalue weighted by Crippen LogP contribution is 2.24. The summed E-state index contributed by atoms with van der Waals surface area (Å²) < 4.78 is 4.82. The van der Waals surface area contributed by atoms with Crippen molar-refractivity contribution < 1.29 is 14.6 Å². The van der Waals surface area contributed by atoms with Crippen molar-refractivity contribution in [3.8, 4) is 0 Å². The fourth-order valence-corrected chi connectivity index (χ4v) is 3.03. The van der Waals surface area contributed by atoms with Crippen LogP contribution in [0.4, 0.5) is 0 Å². The first-order chi connectivity index (χ1) is 8.72. The minimum atomic E-state index is -0.578. The molecule has 1 fully saturated rings. The maximum absolute atomic E-state index is 11.8. The minimum Gasteiger partial charge on any atom is -0.468 e. The second-order valence-corrected chi connectivity index (χ2v) is 5.32. The molecule has 1 heterocycles. The normalized spacial score (nSPS) is 33.3. The van der Waals surface area contributed by atoms with Crippen LogP contribution < -0.4 is 0 Å². The Bertz CT molecular complexity index is 316. The zero-order chi connectivity index (χ0) is 13.0. The van der Waals surface area contributed by atoms with Crippen molar-refractivity contribution in [3.63, 3.8) is 0 Å². The van der Waals surface area contributed by atoms with Crippen LogP contribution in [0.3, 0.4) is 0 Å². The molecule has 0 saturated carbocycles. The molecule has 3 atom stereocenters. The summed E-state index contributed by atoms with van der Waals surface area (Å²) in [7, 11) is 1.39. The number of allylic oxidation sites excluding steroid dienone is 2. The van der Waals surface area contributed by atoms with Gasteiger partial charge in [-0.3, -0.25) is 9.69 Å². The number of carbonyl (C=O) groups is 1. The number of piperidine rings is 1. The lowest BCUT2D eigenvalue weighted by atomic mass is 9.91. The van der Waals surface area contributed by atoms with Gasteiger partial charge < -0.3 is 9.84 Å². The monoisotopic (exact) mass is 253 g/mol. The number of aliphatic hydroxyl groups excluding tert-OH is 1. The van der Waals surface area contributed by atoms with Crippen LogP contribution in [-0.2, 0) is 9.53 Å². The van der Waals surface area contributed by atoms with Crippen molar-refractivity contribution in [2.24, 2.45) is 5.92 Å². The molecule has 2 rings (SSSR count). The number of aliphatic hydroxyl groups is 1. The Hall–Kier alpha value is -0.870.